The van der Waals surface area contributed by atoms with Gasteiger partial charge in [-0.25, -0.2) is 9.97 Å². The minimum Gasteiger partial charge on any atom is -0.360 e. The second-order valence-corrected chi connectivity index (χ2v) is 3.27. The zero-order chi connectivity index (χ0) is 11.4. The molecule has 0 bridgehead atoms. The quantitative estimate of drug-likeness (QED) is 0.659. The SMILES string of the molecule is N#Cc1nccnc1N1CCOC(C#N)C1. The van der Waals surface area contributed by atoms with Crippen molar-refractivity contribution in [2.75, 3.05) is 24.6 Å². The summed E-state index contributed by atoms with van der Waals surface area (Å²) < 4.78 is 5.22. The third-order valence-corrected chi connectivity index (χ3v) is 2.29. The van der Waals surface area contributed by atoms with E-state index in [4.69, 9.17) is 15.3 Å². The molecule has 1 aliphatic rings. The van der Waals surface area contributed by atoms with Crippen molar-refractivity contribution in [2.24, 2.45) is 0 Å². The Kier molecular flexibility index (Phi) is 2.95. The van der Waals surface area contributed by atoms with Crippen LogP contribution < -0.4 is 4.90 Å². The van der Waals surface area contributed by atoms with Crippen molar-refractivity contribution >= 4 is 5.82 Å². The first-order valence-electron chi connectivity index (χ1n) is 4.82. The fraction of sp³-hybridized carbons (Fsp3) is 0.400. The standard InChI is InChI=1S/C10H9N5O/c11-5-8-7-15(3-4-16-8)10-9(6-12)13-1-2-14-10/h1-2,8H,3-4,7H2. The average molecular weight is 215 g/mol. The van der Waals surface area contributed by atoms with Crippen molar-refractivity contribution in [1.82, 2.24) is 9.97 Å². The highest BCUT2D eigenvalue weighted by atomic mass is 16.5. The highest BCUT2D eigenvalue weighted by Gasteiger charge is 2.23. The van der Waals surface area contributed by atoms with Crippen LogP contribution in [0.5, 0.6) is 0 Å². The molecule has 0 radical (unpaired) electrons. The highest BCUT2D eigenvalue weighted by Crippen LogP contribution is 2.17. The maximum atomic E-state index is 8.90. The van der Waals surface area contributed by atoms with Crippen LogP contribution in [0.3, 0.4) is 0 Å². The lowest BCUT2D eigenvalue weighted by Gasteiger charge is -2.30. The topological polar surface area (TPSA) is 85.8 Å². The molecule has 1 aromatic heterocycles. The van der Waals surface area contributed by atoms with Crippen LogP contribution in [0, 0.1) is 22.7 Å². The summed E-state index contributed by atoms with van der Waals surface area (Å²) in [5, 5.41) is 17.7. The summed E-state index contributed by atoms with van der Waals surface area (Å²) in [5.74, 6) is 0.522. The molecule has 0 aliphatic carbocycles. The molecule has 1 aromatic rings. The number of nitriles is 2. The summed E-state index contributed by atoms with van der Waals surface area (Å²) in [6.07, 6.45) is 2.54. The minimum absolute atomic E-state index is 0.279. The number of hydrogen-bond donors (Lipinski definition) is 0. The van der Waals surface area contributed by atoms with Crippen molar-refractivity contribution in [1.29, 1.82) is 10.5 Å². The Balaban J connectivity index is 2.24. The molecule has 80 valence electrons. The van der Waals surface area contributed by atoms with Gasteiger partial charge in [-0.05, 0) is 0 Å². The number of anilines is 1. The molecule has 1 saturated heterocycles. The van der Waals surface area contributed by atoms with E-state index in [1.165, 1.54) is 12.4 Å². The Morgan fingerprint density at radius 3 is 2.94 bits per heavy atom. The summed E-state index contributed by atoms with van der Waals surface area (Å²) in [6, 6.07) is 4.03. The number of hydrogen-bond acceptors (Lipinski definition) is 6. The van der Waals surface area contributed by atoms with Crippen LogP contribution in [0.2, 0.25) is 0 Å². The van der Waals surface area contributed by atoms with Crippen molar-refractivity contribution in [2.45, 2.75) is 6.10 Å². The van der Waals surface area contributed by atoms with Gasteiger partial charge >= 0.3 is 0 Å². The van der Waals surface area contributed by atoms with Crippen molar-refractivity contribution < 1.29 is 4.74 Å². The number of aromatic nitrogens is 2. The fourth-order valence-corrected chi connectivity index (χ4v) is 1.56. The predicted molar refractivity (Wildman–Crippen MR) is 54.3 cm³/mol. The Bertz CT molecular complexity index is 461. The Hall–Kier alpha value is -2.18. The molecule has 1 fully saturated rings. The van der Waals surface area contributed by atoms with Crippen molar-refractivity contribution in [3.8, 4) is 12.1 Å². The summed E-state index contributed by atoms with van der Waals surface area (Å²) in [6.45, 7) is 1.50. The minimum atomic E-state index is -0.470. The van der Waals surface area contributed by atoms with E-state index in [2.05, 4.69) is 9.97 Å². The lowest BCUT2D eigenvalue weighted by molar-refractivity contribution is 0.0761. The van der Waals surface area contributed by atoms with Crippen LogP contribution in [0.1, 0.15) is 5.69 Å². The Morgan fingerprint density at radius 2 is 2.19 bits per heavy atom. The zero-order valence-corrected chi connectivity index (χ0v) is 8.50. The number of rotatable bonds is 1. The molecule has 1 aliphatic heterocycles. The van der Waals surface area contributed by atoms with E-state index in [9.17, 15) is 0 Å². The van der Waals surface area contributed by atoms with Gasteiger partial charge in [0, 0.05) is 18.9 Å². The summed E-state index contributed by atoms with van der Waals surface area (Å²) in [5.41, 5.74) is 0.279. The largest absolute Gasteiger partial charge is 0.360 e. The van der Waals surface area contributed by atoms with Crippen LogP contribution in [0.25, 0.3) is 0 Å². The van der Waals surface area contributed by atoms with Crippen LogP contribution >= 0.6 is 0 Å². The zero-order valence-electron chi connectivity index (χ0n) is 8.50. The van der Waals surface area contributed by atoms with E-state index in [1.807, 2.05) is 17.0 Å². The summed E-state index contributed by atoms with van der Waals surface area (Å²) in [7, 11) is 0. The number of nitrogens with zero attached hydrogens (tertiary/aromatic N) is 5. The van der Waals surface area contributed by atoms with Gasteiger partial charge in [-0.1, -0.05) is 0 Å². The van der Waals surface area contributed by atoms with E-state index >= 15 is 0 Å². The maximum absolute atomic E-state index is 8.90. The Morgan fingerprint density at radius 1 is 1.38 bits per heavy atom. The molecule has 0 spiro atoms. The normalized spacial score (nSPS) is 19.9. The molecule has 16 heavy (non-hydrogen) atoms. The lowest BCUT2D eigenvalue weighted by atomic mass is 10.2. The van der Waals surface area contributed by atoms with Gasteiger partial charge in [0.15, 0.2) is 17.6 Å². The third kappa shape index (κ3) is 1.92. The van der Waals surface area contributed by atoms with Gasteiger partial charge in [0.05, 0.1) is 19.2 Å². The summed E-state index contributed by atoms with van der Waals surface area (Å²) in [4.78, 5) is 9.90. The molecule has 0 N–H and O–H groups in total. The van der Waals surface area contributed by atoms with Gasteiger partial charge < -0.3 is 9.64 Å². The number of ether oxygens (including phenoxy) is 1. The molecular formula is C10H9N5O. The van der Waals surface area contributed by atoms with Gasteiger partial charge in [0.1, 0.15) is 6.07 Å². The molecule has 6 nitrogen and oxygen atoms in total. The molecule has 6 heteroatoms. The van der Waals surface area contributed by atoms with Crippen LogP contribution in [-0.4, -0.2) is 35.8 Å². The van der Waals surface area contributed by atoms with E-state index in [0.717, 1.165) is 0 Å². The maximum Gasteiger partial charge on any atom is 0.183 e. The second-order valence-electron chi connectivity index (χ2n) is 3.27. The third-order valence-electron chi connectivity index (χ3n) is 2.29. The second kappa shape index (κ2) is 4.56. The van der Waals surface area contributed by atoms with Gasteiger partial charge in [-0.3, -0.25) is 0 Å². The predicted octanol–water partition coefficient (Wildman–Crippen LogP) is 0.0771. The first-order valence-corrected chi connectivity index (χ1v) is 4.82. The van der Waals surface area contributed by atoms with E-state index in [1.54, 1.807) is 0 Å². The molecule has 0 aromatic carbocycles. The van der Waals surface area contributed by atoms with Gasteiger partial charge in [0.25, 0.3) is 0 Å². The average Bonchev–Trinajstić information content (AvgIpc) is 2.38. The fourth-order valence-electron chi connectivity index (χ4n) is 1.56. The Labute approximate surface area is 92.7 Å². The van der Waals surface area contributed by atoms with Crippen molar-refractivity contribution in [3.05, 3.63) is 18.1 Å². The monoisotopic (exact) mass is 215 g/mol. The first kappa shape index (κ1) is 10.3. The van der Waals surface area contributed by atoms with Crippen molar-refractivity contribution in [3.63, 3.8) is 0 Å². The van der Waals surface area contributed by atoms with Crippen LogP contribution in [-0.2, 0) is 4.74 Å². The highest BCUT2D eigenvalue weighted by molar-refractivity contribution is 5.49. The molecule has 1 unspecified atom stereocenters. The van der Waals surface area contributed by atoms with Gasteiger partial charge in [0.2, 0.25) is 0 Å². The molecule has 2 heterocycles. The van der Waals surface area contributed by atoms with E-state index in [0.29, 0.717) is 25.5 Å². The molecule has 0 saturated carbocycles. The smallest absolute Gasteiger partial charge is 0.183 e. The van der Waals surface area contributed by atoms with Gasteiger partial charge in [-0.15, -0.1) is 0 Å². The lowest BCUT2D eigenvalue weighted by Crippen LogP contribution is -2.42. The van der Waals surface area contributed by atoms with Crippen LogP contribution in [0.15, 0.2) is 12.4 Å². The molecular weight excluding hydrogens is 206 g/mol. The number of morpholine rings is 1. The molecule has 0 amide bonds. The van der Waals surface area contributed by atoms with E-state index in [-0.39, 0.29) is 5.69 Å². The van der Waals surface area contributed by atoms with Crippen LogP contribution in [0.4, 0.5) is 5.82 Å². The molecule has 2 rings (SSSR count). The summed E-state index contributed by atoms with van der Waals surface area (Å²) >= 11 is 0. The molecule has 1 atom stereocenters. The van der Waals surface area contributed by atoms with E-state index < -0.39 is 6.10 Å². The first-order chi connectivity index (χ1) is 7.85. The van der Waals surface area contributed by atoms with Gasteiger partial charge in [-0.2, -0.15) is 10.5 Å².